The largest absolute Gasteiger partial charge is 0.306 e. The summed E-state index contributed by atoms with van der Waals surface area (Å²) >= 11 is 7.41. The van der Waals surface area contributed by atoms with Crippen LogP contribution in [-0.2, 0) is 19.5 Å². The zero-order valence-electron chi connectivity index (χ0n) is 13.6. The Morgan fingerprint density at radius 1 is 1.27 bits per heavy atom. The van der Waals surface area contributed by atoms with E-state index in [0.717, 1.165) is 17.0 Å². The van der Waals surface area contributed by atoms with Gasteiger partial charge in [-0.3, -0.25) is 9.69 Å². The smallest absolute Gasteiger partial charge is 0.254 e. The molecule has 0 amide bonds. The molecule has 0 saturated heterocycles. The molecule has 8 heteroatoms. The molecule has 134 valence electrons. The van der Waals surface area contributed by atoms with Crippen molar-refractivity contribution in [2.24, 2.45) is 0 Å². The van der Waals surface area contributed by atoms with Gasteiger partial charge in [-0.05, 0) is 30.0 Å². The molecule has 0 spiro atoms. The third kappa shape index (κ3) is 3.18. The summed E-state index contributed by atoms with van der Waals surface area (Å²) in [5, 5.41) is 1.71. The van der Waals surface area contributed by atoms with Crippen LogP contribution in [0.2, 0.25) is 5.02 Å². The Balaban J connectivity index is 1.64. The molecular formula is C18H14ClF2N3OS. The summed E-state index contributed by atoms with van der Waals surface area (Å²) in [6.45, 7) is 1.08. The molecule has 1 N–H and O–H groups in total. The van der Waals surface area contributed by atoms with Crippen LogP contribution < -0.4 is 5.56 Å². The number of benzene rings is 1. The monoisotopic (exact) mass is 393 g/mol. The summed E-state index contributed by atoms with van der Waals surface area (Å²) in [5.41, 5.74) is 1.29. The van der Waals surface area contributed by atoms with Gasteiger partial charge in [-0.25, -0.2) is 13.8 Å². The Bertz CT molecular complexity index is 1020. The van der Waals surface area contributed by atoms with Gasteiger partial charge in [-0.2, -0.15) is 0 Å². The van der Waals surface area contributed by atoms with Crippen LogP contribution in [0.15, 0.2) is 34.4 Å². The normalized spacial score (nSPS) is 14.4. The maximum absolute atomic E-state index is 14.0. The van der Waals surface area contributed by atoms with E-state index >= 15 is 0 Å². The van der Waals surface area contributed by atoms with Crippen LogP contribution >= 0.6 is 22.9 Å². The maximum Gasteiger partial charge on any atom is 0.254 e. The molecule has 4 rings (SSSR count). The number of hydrogen-bond donors (Lipinski definition) is 1. The number of nitrogens with one attached hydrogen (secondary N) is 1. The lowest BCUT2D eigenvalue weighted by molar-refractivity contribution is 0.237. The molecule has 1 aromatic carbocycles. The van der Waals surface area contributed by atoms with Crippen molar-refractivity contribution in [3.05, 3.63) is 73.5 Å². The number of hydrogen-bond acceptors (Lipinski definition) is 4. The quantitative estimate of drug-likeness (QED) is 0.684. The van der Waals surface area contributed by atoms with Gasteiger partial charge >= 0.3 is 0 Å². The third-order valence-corrected chi connectivity index (χ3v) is 5.71. The number of fused-ring (bicyclic) bond motifs is 1. The fraction of sp³-hybridized carbons (Fsp3) is 0.222. The molecule has 3 aromatic rings. The molecule has 0 aliphatic carbocycles. The van der Waals surface area contributed by atoms with Crippen molar-refractivity contribution < 1.29 is 8.78 Å². The Morgan fingerprint density at radius 3 is 2.85 bits per heavy atom. The Hall–Kier alpha value is -2.09. The summed E-state index contributed by atoms with van der Waals surface area (Å²) in [6.07, 6.45) is 0.497. The first-order valence-corrected chi connectivity index (χ1v) is 9.29. The lowest BCUT2D eigenvalue weighted by atomic mass is 10.1. The van der Waals surface area contributed by atoms with Gasteiger partial charge in [0.15, 0.2) is 5.82 Å². The van der Waals surface area contributed by atoms with Gasteiger partial charge in [0.1, 0.15) is 11.6 Å². The molecule has 0 saturated carbocycles. The van der Waals surface area contributed by atoms with E-state index in [1.807, 2.05) is 22.4 Å². The van der Waals surface area contributed by atoms with Crippen LogP contribution in [0.25, 0.3) is 10.7 Å². The molecule has 26 heavy (non-hydrogen) atoms. The van der Waals surface area contributed by atoms with Crippen molar-refractivity contribution in [3.8, 4) is 10.7 Å². The number of aromatic nitrogens is 2. The molecule has 0 unspecified atom stereocenters. The van der Waals surface area contributed by atoms with Gasteiger partial charge in [0.25, 0.3) is 5.56 Å². The molecule has 4 nitrogen and oxygen atoms in total. The van der Waals surface area contributed by atoms with Crippen molar-refractivity contribution >= 4 is 22.9 Å². The summed E-state index contributed by atoms with van der Waals surface area (Å²) in [4.78, 5) is 22.6. The van der Waals surface area contributed by atoms with Gasteiger partial charge < -0.3 is 4.98 Å². The van der Waals surface area contributed by atoms with Gasteiger partial charge in [0, 0.05) is 30.8 Å². The molecule has 3 heterocycles. The van der Waals surface area contributed by atoms with Crippen LogP contribution in [0.3, 0.4) is 0 Å². The van der Waals surface area contributed by atoms with Crippen molar-refractivity contribution in [2.75, 3.05) is 6.54 Å². The summed E-state index contributed by atoms with van der Waals surface area (Å²) < 4.78 is 27.7. The van der Waals surface area contributed by atoms with Gasteiger partial charge in [0.05, 0.1) is 15.6 Å². The first-order chi connectivity index (χ1) is 12.5. The van der Waals surface area contributed by atoms with E-state index < -0.39 is 11.6 Å². The molecule has 0 radical (unpaired) electrons. The lowest BCUT2D eigenvalue weighted by Crippen LogP contribution is -2.35. The first-order valence-electron chi connectivity index (χ1n) is 8.03. The first kappa shape index (κ1) is 17.3. The number of thiophene rings is 1. The Morgan fingerprint density at radius 2 is 2.08 bits per heavy atom. The molecular weight excluding hydrogens is 380 g/mol. The molecule has 0 fully saturated rings. The van der Waals surface area contributed by atoms with Crippen LogP contribution in [0.4, 0.5) is 8.78 Å². The van der Waals surface area contributed by atoms with E-state index in [9.17, 15) is 13.6 Å². The SMILES string of the molecule is O=c1[nH]c(-c2cccs2)nc2c1CCN(Cc1c(F)ccc(F)c1Cl)C2. The van der Waals surface area contributed by atoms with Gasteiger partial charge in [-0.1, -0.05) is 17.7 Å². The maximum atomic E-state index is 14.0. The molecule has 1 aliphatic heterocycles. The minimum absolute atomic E-state index is 0.124. The number of H-pyrrole nitrogens is 1. The van der Waals surface area contributed by atoms with E-state index in [4.69, 9.17) is 11.6 Å². The van der Waals surface area contributed by atoms with Crippen molar-refractivity contribution in [1.29, 1.82) is 0 Å². The minimum Gasteiger partial charge on any atom is -0.306 e. The lowest BCUT2D eigenvalue weighted by Gasteiger charge is -2.28. The third-order valence-electron chi connectivity index (χ3n) is 4.43. The number of halogens is 3. The molecule has 0 atom stereocenters. The fourth-order valence-electron chi connectivity index (χ4n) is 3.10. The number of aromatic amines is 1. The van der Waals surface area contributed by atoms with E-state index in [-0.39, 0.29) is 22.7 Å². The highest BCUT2D eigenvalue weighted by molar-refractivity contribution is 7.13. The molecule has 0 bridgehead atoms. The predicted molar refractivity (Wildman–Crippen MR) is 97.4 cm³/mol. The number of nitrogens with zero attached hydrogens (tertiary/aromatic N) is 2. The van der Waals surface area contributed by atoms with Gasteiger partial charge in [0.2, 0.25) is 0 Å². The molecule has 1 aliphatic rings. The van der Waals surface area contributed by atoms with Gasteiger partial charge in [-0.15, -0.1) is 11.3 Å². The minimum atomic E-state index is -0.643. The predicted octanol–water partition coefficient (Wildman–Crippen LogP) is 3.99. The van der Waals surface area contributed by atoms with Crippen molar-refractivity contribution in [3.63, 3.8) is 0 Å². The van der Waals surface area contributed by atoms with Crippen LogP contribution in [0.5, 0.6) is 0 Å². The average molecular weight is 394 g/mol. The topological polar surface area (TPSA) is 49.0 Å². The molecule has 2 aromatic heterocycles. The summed E-state index contributed by atoms with van der Waals surface area (Å²) in [5.74, 6) is -0.657. The average Bonchev–Trinajstić information content (AvgIpc) is 3.16. The fourth-order valence-corrected chi connectivity index (χ4v) is 3.98. The van der Waals surface area contributed by atoms with Crippen LogP contribution in [0, 0.1) is 11.6 Å². The standard InChI is InChI=1S/C18H14ClF2N3OS/c19-16-11(12(20)3-4-13(16)21)8-24-6-5-10-14(9-24)22-17(23-18(10)25)15-2-1-7-26-15/h1-4,7H,5-6,8-9H2,(H,22,23,25). The zero-order chi connectivity index (χ0) is 18.3. The van der Waals surface area contributed by atoms with Crippen molar-refractivity contribution in [2.45, 2.75) is 19.5 Å². The highest BCUT2D eigenvalue weighted by Gasteiger charge is 2.23. The van der Waals surface area contributed by atoms with E-state index in [1.165, 1.54) is 11.3 Å². The summed E-state index contributed by atoms with van der Waals surface area (Å²) in [6, 6.07) is 5.87. The second-order valence-corrected chi connectivity index (χ2v) is 7.43. The highest BCUT2D eigenvalue weighted by atomic mass is 35.5. The van der Waals surface area contributed by atoms with E-state index in [1.54, 1.807) is 0 Å². The Kier molecular flexibility index (Phi) is 4.60. The highest BCUT2D eigenvalue weighted by Crippen LogP contribution is 2.27. The van der Waals surface area contributed by atoms with Crippen molar-refractivity contribution in [1.82, 2.24) is 14.9 Å². The van der Waals surface area contributed by atoms with Crippen LogP contribution in [-0.4, -0.2) is 21.4 Å². The second kappa shape index (κ2) is 6.90. The zero-order valence-corrected chi connectivity index (χ0v) is 15.1. The number of rotatable bonds is 3. The summed E-state index contributed by atoms with van der Waals surface area (Å²) in [7, 11) is 0. The van der Waals surface area contributed by atoms with E-state index in [0.29, 0.717) is 36.6 Å². The Labute approximate surface area is 157 Å². The van der Waals surface area contributed by atoms with E-state index in [2.05, 4.69) is 9.97 Å². The van der Waals surface area contributed by atoms with Crippen LogP contribution in [0.1, 0.15) is 16.8 Å². The second-order valence-electron chi connectivity index (χ2n) is 6.10.